The summed E-state index contributed by atoms with van der Waals surface area (Å²) in [6.45, 7) is 6.85. The average molecular weight is 1030 g/mol. The molecule has 0 radical (unpaired) electrons. The van der Waals surface area contributed by atoms with Gasteiger partial charge < -0.3 is 13.7 Å². The largest absolute Gasteiger partial charge is 0.309 e. The first kappa shape index (κ1) is 46.0. The van der Waals surface area contributed by atoms with Gasteiger partial charge in [-0.05, 0) is 124 Å². The average Bonchev–Trinajstić information content (AvgIpc) is 4.43. The normalized spacial score (nSPS) is 12.6. The van der Waals surface area contributed by atoms with Gasteiger partial charge in [0, 0.05) is 66.3 Å². The fourth-order valence-corrected chi connectivity index (χ4v) is 13.0. The molecule has 6 heteroatoms. The first-order valence-electron chi connectivity index (χ1n) is 27.6. The first-order valence-corrected chi connectivity index (χ1v) is 27.6. The molecular weight excluding hydrogens is 973 g/mol. The lowest BCUT2D eigenvalue weighted by atomic mass is 9.86. The number of fused-ring (bicyclic) bond motifs is 12. The van der Waals surface area contributed by atoms with Crippen LogP contribution in [0.4, 0.5) is 0 Å². The van der Waals surface area contributed by atoms with E-state index >= 15 is 0 Å². The lowest BCUT2D eigenvalue weighted by molar-refractivity contribution is 0.591. The van der Waals surface area contributed by atoms with E-state index in [2.05, 4.69) is 289 Å². The minimum absolute atomic E-state index is 0.0316. The smallest absolute Gasteiger partial charge is 0.166 e. The van der Waals surface area contributed by atoms with Gasteiger partial charge in [-0.2, -0.15) is 0 Å². The van der Waals surface area contributed by atoms with Crippen LogP contribution in [0.5, 0.6) is 0 Å². The maximum absolute atomic E-state index is 5.60. The summed E-state index contributed by atoms with van der Waals surface area (Å²) in [6, 6.07) is 92.5. The summed E-state index contributed by atoms with van der Waals surface area (Å²) in [5.74, 6) is 1.88. The Labute approximate surface area is 463 Å². The van der Waals surface area contributed by atoms with Crippen molar-refractivity contribution in [2.75, 3.05) is 0 Å². The third-order valence-corrected chi connectivity index (χ3v) is 16.8. The zero-order valence-electron chi connectivity index (χ0n) is 44.5. The molecule has 0 amide bonds. The molecule has 0 spiro atoms. The Morgan fingerprint density at radius 1 is 0.312 bits per heavy atom. The first-order chi connectivity index (χ1) is 39.3. The molecule has 15 aromatic rings. The van der Waals surface area contributed by atoms with E-state index in [4.69, 9.17) is 15.0 Å². The van der Waals surface area contributed by atoms with Crippen molar-refractivity contribution in [2.45, 2.75) is 32.1 Å². The zero-order valence-corrected chi connectivity index (χ0v) is 44.5. The molecule has 0 atom stereocenters. The molecule has 1 aliphatic carbocycles. The van der Waals surface area contributed by atoms with E-state index in [1.165, 1.54) is 65.7 Å². The quantitative estimate of drug-likeness (QED) is 0.160. The number of rotatable bonds is 7. The Morgan fingerprint density at radius 3 is 1.23 bits per heavy atom. The van der Waals surface area contributed by atoms with E-state index in [9.17, 15) is 0 Å². The molecule has 4 heterocycles. The van der Waals surface area contributed by atoms with Crippen molar-refractivity contribution in [3.63, 3.8) is 0 Å². The molecule has 11 aromatic carbocycles. The Hall–Kier alpha value is -10.2. The Bertz CT molecular complexity index is 4840. The van der Waals surface area contributed by atoms with Gasteiger partial charge >= 0.3 is 0 Å². The molecule has 16 rings (SSSR count). The standard InChI is InChI=1S/C74H52N6/c1-74(2,3)49-38-42-68-61(44-49)58-24-12-17-31-67(58)80(68)69-43-41-51(79-65-29-15-10-22-56(65)57-23-11-16-30-66(57)79)45-62(69)73-76-71(47-34-32-46(33-35-47)70-59-25-6-4-18-52(59)53-19-5-7-26-60(53)70)75-72(77-73)48-36-39-50(40-37-48)78-63-27-13-8-20-54(63)55-21-9-14-28-64(55)78/h4-45,70H,1-3H3. The molecule has 80 heavy (non-hydrogen) atoms. The Balaban J connectivity index is 0.933. The van der Waals surface area contributed by atoms with Crippen LogP contribution in [0.2, 0.25) is 0 Å². The van der Waals surface area contributed by atoms with Crippen LogP contribution >= 0.6 is 0 Å². The van der Waals surface area contributed by atoms with E-state index < -0.39 is 0 Å². The van der Waals surface area contributed by atoms with Gasteiger partial charge in [0.05, 0.1) is 38.8 Å². The van der Waals surface area contributed by atoms with Crippen molar-refractivity contribution in [3.05, 3.63) is 277 Å². The summed E-state index contributed by atoms with van der Waals surface area (Å²) in [4.78, 5) is 16.6. The second kappa shape index (κ2) is 17.7. The maximum Gasteiger partial charge on any atom is 0.166 e. The Kier molecular flexibility index (Phi) is 10.2. The van der Waals surface area contributed by atoms with Crippen molar-refractivity contribution >= 4 is 65.4 Å². The molecule has 1 aliphatic rings. The molecule has 0 N–H and O–H groups in total. The van der Waals surface area contributed by atoms with E-state index in [1.54, 1.807) is 0 Å². The summed E-state index contributed by atoms with van der Waals surface area (Å²) in [5.41, 5.74) is 20.3. The van der Waals surface area contributed by atoms with Crippen molar-refractivity contribution in [1.29, 1.82) is 0 Å². The van der Waals surface area contributed by atoms with Crippen LogP contribution in [-0.4, -0.2) is 28.7 Å². The molecule has 6 nitrogen and oxygen atoms in total. The van der Waals surface area contributed by atoms with Crippen LogP contribution in [0.3, 0.4) is 0 Å². The molecule has 4 aromatic heterocycles. The molecule has 378 valence electrons. The van der Waals surface area contributed by atoms with E-state index in [1.807, 2.05) is 0 Å². The second-order valence-electron chi connectivity index (χ2n) is 22.4. The highest BCUT2D eigenvalue weighted by molar-refractivity contribution is 6.12. The third-order valence-electron chi connectivity index (χ3n) is 16.8. The number of aromatic nitrogens is 6. The van der Waals surface area contributed by atoms with Crippen LogP contribution in [-0.2, 0) is 5.41 Å². The highest BCUT2D eigenvalue weighted by Crippen LogP contribution is 2.48. The van der Waals surface area contributed by atoms with Crippen molar-refractivity contribution in [2.24, 2.45) is 0 Å². The van der Waals surface area contributed by atoms with Gasteiger partial charge in [0.25, 0.3) is 0 Å². The predicted molar refractivity (Wildman–Crippen MR) is 331 cm³/mol. The fraction of sp³-hybridized carbons (Fsp3) is 0.0676. The lowest BCUT2D eigenvalue weighted by Crippen LogP contribution is -2.10. The topological polar surface area (TPSA) is 53.5 Å². The fourth-order valence-electron chi connectivity index (χ4n) is 13.0. The van der Waals surface area contributed by atoms with Crippen molar-refractivity contribution in [3.8, 4) is 62.4 Å². The van der Waals surface area contributed by atoms with Gasteiger partial charge in [-0.25, -0.2) is 15.0 Å². The molecule has 0 bridgehead atoms. The summed E-state index contributed by atoms with van der Waals surface area (Å²) in [5, 5.41) is 7.25. The monoisotopic (exact) mass is 1020 g/mol. The van der Waals surface area contributed by atoms with Crippen LogP contribution in [0, 0.1) is 0 Å². The SMILES string of the molecule is CC(C)(C)c1ccc2c(c1)c1ccccc1n2-c1ccc(-n2c3ccccc3c3ccccc32)cc1-c1nc(-c2ccc(C3c4ccccc4-c4ccccc43)cc2)nc(-c2ccc(-n3c4ccccc4c4ccccc43)cc2)n1. The maximum atomic E-state index is 5.60. The summed E-state index contributed by atoms with van der Waals surface area (Å²) < 4.78 is 7.15. The number of hydrogen-bond acceptors (Lipinski definition) is 3. The zero-order chi connectivity index (χ0) is 53.2. The summed E-state index contributed by atoms with van der Waals surface area (Å²) in [6.07, 6.45) is 0. The van der Waals surface area contributed by atoms with Gasteiger partial charge in [0.1, 0.15) is 0 Å². The van der Waals surface area contributed by atoms with Crippen LogP contribution < -0.4 is 0 Å². The number of para-hydroxylation sites is 5. The molecular formula is C74H52N6. The Morgan fingerprint density at radius 2 is 0.713 bits per heavy atom. The minimum Gasteiger partial charge on any atom is -0.309 e. The number of hydrogen-bond donors (Lipinski definition) is 0. The summed E-state index contributed by atoms with van der Waals surface area (Å²) in [7, 11) is 0. The van der Waals surface area contributed by atoms with Crippen molar-refractivity contribution < 1.29 is 0 Å². The van der Waals surface area contributed by atoms with Crippen LogP contribution in [0.1, 0.15) is 48.9 Å². The molecule has 0 saturated carbocycles. The molecule has 0 fully saturated rings. The van der Waals surface area contributed by atoms with E-state index in [0.717, 1.165) is 66.9 Å². The number of benzene rings is 11. The van der Waals surface area contributed by atoms with Gasteiger partial charge in [0.2, 0.25) is 0 Å². The highest BCUT2D eigenvalue weighted by atomic mass is 15.1. The van der Waals surface area contributed by atoms with E-state index in [0.29, 0.717) is 17.5 Å². The molecule has 0 aliphatic heterocycles. The van der Waals surface area contributed by atoms with Gasteiger partial charge in [-0.3, -0.25) is 0 Å². The molecule has 0 unspecified atom stereocenters. The van der Waals surface area contributed by atoms with Gasteiger partial charge in [0.15, 0.2) is 17.5 Å². The van der Waals surface area contributed by atoms with Crippen molar-refractivity contribution in [1.82, 2.24) is 28.7 Å². The van der Waals surface area contributed by atoms with Crippen LogP contribution in [0.25, 0.3) is 128 Å². The number of nitrogens with zero attached hydrogens (tertiary/aromatic N) is 6. The van der Waals surface area contributed by atoms with Crippen LogP contribution in [0.15, 0.2) is 255 Å². The van der Waals surface area contributed by atoms with Gasteiger partial charge in [-0.1, -0.05) is 191 Å². The second-order valence-corrected chi connectivity index (χ2v) is 22.4. The predicted octanol–water partition coefficient (Wildman–Crippen LogP) is 18.6. The summed E-state index contributed by atoms with van der Waals surface area (Å²) >= 11 is 0. The third kappa shape index (κ3) is 7.08. The minimum atomic E-state index is -0.0316. The van der Waals surface area contributed by atoms with Gasteiger partial charge in [-0.15, -0.1) is 0 Å². The highest BCUT2D eigenvalue weighted by Gasteiger charge is 2.30. The molecule has 0 saturated heterocycles. The van der Waals surface area contributed by atoms with E-state index in [-0.39, 0.29) is 11.3 Å². The lowest BCUT2D eigenvalue weighted by Gasteiger charge is -2.20.